The molecule has 0 fully saturated rings. The number of nitriles is 1. The van der Waals surface area contributed by atoms with E-state index in [1.54, 1.807) is 18.3 Å². The standard InChI is InChI=1S/C14H13N3O2S/c1-10-7-16-14(20-9-13(18)19)17(10)8-12-4-2-11(6-15)3-5-12/h2-5,7H,8-9H2,1H3,(H,18,19). The number of aryl methyl sites for hydroxylation is 1. The molecule has 0 saturated heterocycles. The topological polar surface area (TPSA) is 78.9 Å². The molecule has 0 spiro atoms. The van der Waals surface area contributed by atoms with Gasteiger partial charge in [0, 0.05) is 18.4 Å². The molecule has 0 radical (unpaired) electrons. The lowest BCUT2D eigenvalue weighted by Crippen LogP contribution is -2.06. The minimum atomic E-state index is -0.861. The molecule has 1 heterocycles. The van der Waals surface area contributed by atoms with Crippen LogP contribution >= 0.6 is 11.8 Å². The minimum absolute atomic E-state index is 0.0101. The molecule has 0 aliphatic heterocycles. The number of rotatable bonds is 5. The van der Waals surface area contributed by atoms with E-state index in [1.807, 2.05) is 23.6 Å². The highest BCUT2D eigenvalue weighted by Gasteiger charge is 2.10. The number of aromatic nitrogens is 2. The summed E-state index contributed by atoms with van der Waals surface area (Å²) in [5.41, 5.74) is 2.64. The van der Waals surface area contributed by atoms with Crippen molar-refractivity contribution in [2.45, 2.75) is 18.6 Å². The Hall–Kier alpha value is -2.26. The first-order valence-electron chi connectivity index (χ1n) is 5.96. The van der Waals surface area contributed by atoms with Crippen LogP contribution in [-0.4, -0.2) is 26.4 Å². The van der Waals surface area contributed by atoms with Crippen molar-refractivity contribution in [3.63, 3.8) is 0 Å². The largest absolute Gasteiger partial charge is 0.481 e. The fourth-order valence-corrected chi connectivity index (χ4v) is 2.48. The van der Waals surface area contributed by atoms with E-state index in [1.165, 1.54) is 11.8 Å². The molecule has 0 unspecified atom stereocenters. The quantitative estimate of drug-likeness (QED) is 0.853. The molecular weight excluding hydrogens is 274 g/mol. The lowest BCUT2D eigenvalue weighted by molar-refractivity contribution is -0.133. The number of benzene rings is 1. The second kappa shape index (κ2) is 6.26. The van der Waals surface area contributed by atoms with E-state index in [0.29, 0.717) is 17.3 Å². The molecule has 2 rings (SSSR count). The Balaban J connectivity index is 2.17. The van der Waals surface area contributed by atoms with E-state index in [4.69, 9.17) is 10.4 Å². The Morgan fingerprint density at radius 1 is 1.45 bits per heavy atom. The molecule has 0 atom stereocenters. The molecule has 6 heteroatoms. The zero-order valence-electron chi connectivity index (χ0n) is 10.9. The molecule has 1 N–H and O–H groups in total. The van der Waals surface area contributed by atoms with Crippen LogP contribution in [0.15, 0.2) is 35.6 Å². The third kappa shape index (κ3) is 3.39. The summed E-state index contributed by atoms with van der Waals surface area (Å²) in [6.07, 6.45) is 1.73. The first kappa shape index (κ1) is 14.2. The maximum Gasteiger partial charge on any atom is 0.313 e. The number of carboxylic acid groups (broad SMARTS) is 1. The monoisotopic (exact) mass is 287 g/mol. The van der Waals surface area contributed by atoms with Crippen molar-refractivity contribution in [3.05, 3.63) is 47.3 Å². The zero-order valence-corrected chi connectivity index (χ0v) is 11.7. The number of carboxylic acids is 1. The third-order valence-electron chi connectivity index (χ3n) is 2.77. The summed E-state index contributed by atoms with van der Waals surface area (Å²) in [5, 5.41) is 18.2. The molecule has 1 aromatic heterocycles. The van der Waals surface area contributed by atoms with Crippen LogP contribution < -0.4 is 0 Å². The van der Waals surface area contributed by atoms with Gasteiger partial charge >= 0.3 is 5.97 Å². The highest BCUT2D eigenvalue weighted by atomic mass is 32.2. The lowest BCUT2D eigenvalue weighted by atomic mass is 10.1. The van der Waals surface area contributed by atoms with Gasteiger partial charge in [-0.25, -0.2) is 4.98 Å². The summed E-state index contributed by atoms with van der Waals surface area (Å²) in [5.74, 6) is -0.871. The summed E-state index contributed by atoms with van der Waals surface area (Å²) >= 11 is 1.20. The van der Waals surface area contributed by atoms with Crippen molar-refractivity contribution < 1.29 is 9.90 Å². The van der Waals surface area contributed by atoms with Gasteiger partial charge in [-0.1, -0.05) is 23.9 Å². The Morgan fingerprint density at radius 2 is 2.15 bits per heavy atom. The van der Waals surface area contributed by atoms with Crippen LogP contribution in [0.3, 0.4) is 0 Å². The fraction of sp³-hybridized carbons (Fsp3) is 0.214. The summed E-state index contributed by atoms with van der Waals surface area (Å²) in [6.45, 7) is 2.54. The molecule has 0 aliphatic carbocycles. The molecule has 20 heavy (non-hydrogen) atoms. The van der Waals surface area contributed by atoms with Gasteiger partial charge in [-0.15, -0.1) is 0 Å². The molecule has 0 saturated carbocycles. The first-order chi connectivity index (χ1) is 9.60. The van der Waals surface area contributed by atoms with E-state index in [-0.39, 0.29) is 5.75 Å². The number of aliphatic carboxylic acids is 1. The summed E-state index contributed by atoms with van der Waals surface area (Å²) in [6, 6.07) is 9.40. The summed E-state index contributed by atoms with van der Waals surface area (Å²) in [7, 11) is 0. The molecule has 0 bridgehead atoms. The number of thioether (sulfide) groups is 1. The van der Waals surface area contributed by atoms with Crippen LogP contribution in [0.4, 0.5) is 0 Å². The maximum absolute atomic E-state index is 10.6. The second-order valence-electron chi connectivity index (χ2n) is 4.26. The van der Waals surface area contributed by atoms with Crippen LogP contribution in [0, 0.1) is 18.3 Å². The van der Waals surface area contributed by atoms with E-state index in [0.717, 1.165) is 11.3 Å². The predicted octanol–water partition coefficient (Wildman–Crippen LogP) is 2.29. The zero-order chi connectivity index (χ0) is 14.5. The number of hydrogen-bond acceptors (Lipinski definition) is 4. The van der Waals surface area contributed by atoms with Crippen molar-refractivity contribution in [1.82, 2.24) is 9.55 Å². The molecular formula is C14H13N3O2S. The van der Waals surface area contributed by atoms with E-state index in [9.17, 15) is 4.79 Å². The van der Waals surface area contributed by atoms with Crippen LogP contribution in [-0.2, 0) is 11.3 Å². The van der Waals surface area contributed by atoms with Gasteiger partial charge in [-0.2, -0.15) is 5.26 Å². The van der Waals surface area contributed by atoms with Crippen LogP contribution in [0.5, 0.6) is 0 Å². The van der Waals surface area contributed by atoms with Crippen molar-refractivity contribution >= 4 is 17.7 Å². The van der Waals surface area contributed by atoms with Crippen LogP contribution in [0.2, 0.25) is 0 Å². The molecule has 0 amide bonds. The van der Waals surface area contributed by atoms with Crippen LogP contribution in [0.1, 0.15) is 16.8 Å². The van der Waals surface area contributed by atoms with Crippen LogP contribution in [0.25, 0.3) is 0 Å². The number of hydrogen-bond donors (Lipinski definition) is 1. The smallest absolute Gasteiger partial charge is 0.313 e. The third-order valence-corrected chi connectivity index (χ3v) is 3.74. The SMILES string of the molecule is Cc1cnc(SCC(=O)O)n1Cc1ccc(C#N)cc1. The van der Waals surface area contributed by atoms with Gasteiger partial charge < -0.3 is 9.67 Å². The fourth-order valence-electron chi connectivity index (χ4n) is 1.74. The highest BCUT2D eigenvalue weighted by Crippen LogP contribution is 2.19. The average Bonchev–Trinajstić information content (AvgIpc) is 2.78. The Bertz CT molecular complexity index is 656. The highest BCUT2D eigenvalue weighted by molar-refractivity contribution is 7.99. The van der Waals surface area contributed by atoms with Gasteiger partial charge in [0.2, 0.25) is 0 Å². The predicted molar refractivity (Wildman–Crippen MR) is 75.6 cm³/mol. The molecule has 2 aromatic rings. The molecule has 1 aromatic carbocycles. The van der Waals surface area contributed by atoms with Gasteiger partial charge in [0.15, 0.2) is 5.16 Å². The van der Waals surface area contributed by atoms with Crippen molar-refractivity contribution in [2.24, 2.45) is 0 Å². The summed E-state index contributed by atoms with van der Waals surface area (Å²) < 4.78 is 1.97. The van der Waals surface area contributed by atoms with E-state index >= 15 is 0 Å². The first-order valence-corrected chi connectivity index (χ1v) is 6.94. The number of imidazole rings is 1. The number of carbonyl (C=O) groups is 1. The minimum Gasteiger partial charge on any atom is -0.481 e. The van der Waals surface area contributed by atoms with Crippen molar-refractivity contribution in [2.75, 3.05) is 5.75 Å². The van der Waals surface area contributed by atoms with Crippen molar-refractivity contribution in [1.29, 1.82) is 5.26 Å². The van der Waals surface area contributed by atoms with Gasteiger partial charge in [0.1, 0.15) is 0 Å². The Labute approximate surface area is 120 Å². The van der Waals surface area contributed by atoms with Gasteiger partial charge in [0.25, 0.3) is 0 Å². The molecule has 5 nitrogen and oxygen atoms in total. The van der Waals surface area contributed by atoms with Crippen molar-refractivity contribution in [3.8, 4) is 6.07 Å². The second-order valence-corrected chi connectivity index (χ2v) is 5.20. The van der Waals surface area contributed by atoms with Gasteiger partial charge in [0.05, 0.1) is 17.4 Å². The molecule has 0 aliphatic rings. The number of nitrogens with zero attached hydrogens (tertiary/aromatic N) is 3. The average molecular weight is 287 g/mol. The van der Waals surface area contributed by atoms with Gasteiger partial charge in [-0.3, -0.25) is 4.79 Å². The maximum atomic E-state index is 10.6. The summed E-state index contributed by atoms with van der Waals surface area (Å²) in [4.78, 5) is 14.9. The van der Waals surface area contributed by atoms with E-state index < -0.39 is 5.97 Å². The Morgan fingerprint density at radius 3 is 2.75 bits per heavy atom. The Kier molecular flexibility index (Phi) is 4.43. The normalized spacial score (nSPS) is 10.2. The lowest BCUT2D eigenvalue weighted by Gasteiger charge is -2.09. The van der Waals surface area contributed by atoms with Gasteiger partial charge in [-0.05, 0) is 24.6 Å². The van der Waals surface area contributed by atoms with E-state index in [2.05, 4.69) is 11.1 Å². The molecule has 102 valence electrons.